The fourth-order valence-electron chi connectivity index (χ4n) is 4.63. The Balaban J connectivity index is 1.58. The van der Waals surface area contributed by atoms with Crippen LogP contribution in [0.25, 0.3) is 0 Å². The lowest BCUT2D eigenvalue weighted by molar-refractivity contribution is -0.243. The van der Waals surface area contributed by atoms with Gasteiger partial charge >= 0.3 is 0 Å². The molecule has 0 saturated carbocycles. The predicted molar refractivity (Wildman–Crippen MR) is 112 cm³/mol. The third-order valence-corrected chi connectivity index (χ3v) is 6.45. The fraction of sp³-hybridized carbons (Fsp3) is 0.818. The Morgan fingerprint density at radius 3 is 2.50 bits per heavy atom. The molecule has 1 saturated heterocycles. The number of nitrogens with zero attached hydrogens (tertiary/aromatic N) is 2. The van der Waals surface area contributed by atoms with Gasteiger partial charge in [0.25, 0.3) is 0 Å². The van der Waals surface area contributed by atoms with E-state index in [4.69, 9.17) is 9.47 Å². The Labute approximate surface area is 170 Å². The van der Waals surface area contributed by atoms with Crippen molar-refractivity contribution >= 4 is 0 Å². The normalized spacial score (nSPS) is 27.4. The van der Waals surface area contributed by atoms with Gasteiger partial charge in [-0.2, -0.15) is 0 Å². The zero-order chi connectivity index (χ0) is 20.5. The zero-order valence-corrected chi connectivity index (χ0v) is 18.3. The van der Waals surface area contributed by atoms with E-state index in [1.165, 1.54) is 17.0 Å². The summed E-state index contributed by atoms with van der Waals surface area (Å²) in [7, 11) is 1.79. The van der Waals surface area contributed by atoms with Crippen LogP contribution in [-0.2, 0) is 9.47 Å². The summed E-state index contributed by atoms with van der Waals surface area (Å²) in [6.45, 7) is 16.3. The number of hydrogen-bond donors (Lipinski definition) is 2. The van der Waals surface area contributed by atoms with Crippen LogP contribution in [0.3, 0.4) is 0 Å². The zero-order valence-electron chi connectivity index (χ0n) is 18.3. The standard InChI is InChI=1S/C22H39N3O3/c1-15-19-13-17(16(2)27-6)14-23-20(19)9-12-25(15)18-7-10-24(11-8-18)21(26)28-22(3,4)5/h16-18,21,23,26H,1,7-14H2,2-6H3/t16?,17-,21?/m0/s1. The number of aliphatic hydroxyl groups excluding tert-OH is 1. The van der Waals surface area contributed by atoms with Gasteiger partial charge in [-0.05, 0) is 52.5 Å². The number of rotatable bonds is 5. The molecular formula is C22H39N3O3. The molecule has 0 spiro atoms. The lowest BCUT2D eigenvalue weighted by Crippen LogP contribution is -2.51. The highest BCUT2D eigenvalue weighted by Crippen LogP contribution is 2.36. The van der Waals surface area contributed by atoms with E-state index in [0.717, 1.165) is 51.9 Å². The second kappa shape index (κ2) is 8.74. The Kier molecular flexibility index (Phi) is 6.75. The Morgan fingerprint density at radius 2 is 1.89 bits per heavy atom. The first kappa shape index (κ1) is 21.6. The summed E-state index contributed by atoms with van der Waals surface area (Å²) >= 11 is 0. The van der Waals surface area contributed by atoms with Crippen molar-refractivity contribution in [2.75, 3.05) is 33.3 Å². The van der Waals surface area contributed by atoms with Crippen molar-refractivity contribution in [3.63, 3.8) is 0 Å². The van der Waals surface area contributed by atoms with Gasteiger partial charge in [0, 0.05) is 63.1 Å². The molecule has 3 atom stereocenters. The van der Waals surface area contributed by atoms with Crippen molar-refractivity contribution in [1.29, 1.82) is 0 Å². The summed E-state index contributed by atoms with van der Waals surface area (Å²) in [6.07, 6.45) is 3.59. The maximum Gasteiger partial charge on any atom is 0.216 e. The number of ether oxygens (including phenoxy) is 2. The number of methoxy groups -OCH3 is 1. The smallest absolute Gasteiger partial charge is 0.216 e. The Bertz CT molecular complexity index is 590. The Hall–Kier alpha value is -1.08. The predicted octanol–water partition coefficient (Wildman–Crippen LogP) is 2.66. The molecule has 0 aliphatic carbocycles. The second-order valence-corrected chi connectivity index (χ2v) is 9.46. The number of nitrogens with one attached hydrogen (secondary N) is 1. The monoisotopic (exact) mass is 393 g/mol. The van der Waals surface area contributed by atoms with Crippen LogP contribution in [-0.4, -0.2) is 72.4 Å². The van der Waals surface area contributed by atoms with Gasteiger partial charge in [-0.3, -0.25) is 4.90 Å². The highest BCUT2D eigenvalue weighted by atomic mass is 16.6. The summed E-state index contributed by atoms with van der Waals surface area (Å²) < 4.78 is 11.3. The molecule has 0 aromatic carbocycles. The van der Waals surface area contributed by atoms with Crippen molar-refractivity contribution in [2.24, 2.45) is 5.92 Å². The van der Waals surface area contributed by atoms with Crippen LogP contribution in [0.15, 0.2) is 23.5 Å². The van der Waals surface area contributed by atoms with Gasteiger partial charge in [0.2, 0.25) is 6.41 Å². The highest BCUT2D eigenvalue weighted by molar-refractivity contribution is 5.37. The maximum atomic E-state index is 10.4. The summed E-state index contributed by atoms with van der Waals surface area (Å²) in [5, 5.41) is 14.0. The van der Waals surface area contributed by atoms with Crippen molar-refractivity contribution in [3.8, 4) is 0 Å². The van der Waals surface area contributed by atoms with Crippen LogP contribution >= 0.6 is 0 Å². The van der Waals surface area contributed by atoms with E-state index in [2.05, 4.69) is 23.7 Å². The van der Waals surface area contributed by atoms with Gasteiger partial charge in [0.05, 0.1) is 11.7 Å². The average molecular weight is 394 g/mol. The molecule has 0 aromatic rings. The van der Waals surface area contributed by atoms with Crippen molar-refractivity contribution < 1.29 is 14.6 Å². The van der Waals surface area contributed by atoms with Gasteiger partial charge in [0.1, 0.15) is 0 Å². The number of hydrogen-bond acceptors (Lipinski definition) is 6. The van der Waals surface area contributed by atoms with Crippen molar-refractivity contribution in [2.45, 2.75) is 77.5 Å². The second-order valence-electron chi connectivity index (χ2n) is 9.46. The van der Waals surface area contributed by atoms with Crippen molar-refractivity contribution in [1.82, 2.24) is 15.1 Å². The number of piperidine rings is 1. The molecule has 1 fully saturated rings. The van der Waals surface area contributed by atoms with Crippen LogP contribution in [0.1, 0.15) is 53.4 Å². The van der Waals surface area contributed by atoms with Crippen LogP contribution in [0.2, 0.25) is 0 Å². The molecule has 3 aliphatic heterocycles. The molecule has 3 aliphatic rings. The molecule has 160 valence electrons. The number of likely N-dealkylation sites (tertiary alicyclic amines) is 1. The quantitative estimate of drug-likeness (QED) is 0.701. The molecule has 0 radical (unpaired) electrons. The topological polar surface area (TPSA) is 57.2 Å². The van der Waals surface area contributed by atoms with Crippen LogP contribution in [0.5, 0.6) is 0 Å². The molecule has 0 aromatic heterocycles. The minimum atomic E-state index is -0.821. The first-order valence-corrected chi connectivity index (χ1v) is 10.7. The Morgan fingerprint density at radius 1 is 1.21 bits per heavy atom. The van der Waals surface area contributed by atoms with Gasteiger partial charge in [-0.15, -0.1) is 0 Å². The summed E-state index contributed by atoms with van der Waals surface area (Å²) in [5.74, 6) is 0.493. The average Bonchev–Trinajstić information content (AvgIpc) is 2.66. The molecule has 0 amide bonds. The van der Waals surface area contributed by atoms with Gasteiger partial charge in [-0.1, -0.05) is 6.58 Å². The molecule has 6 heteroatoms. The van der Waals surface area contributed by atoms with E-state index < -0.39 is 6.41 Å². The minimum Gasteiger partial charge on any atom is -0.388 e. The molecule has 0 bridgehead atoms. The lowest BCUT2D eigenvalue weighted by Gasteiger charge is -2.46. The van der Waals surface area contributed by atoms with E-state index in [1.54, 1.807) is 7.11 Å². The third-order valence-electron chi connectivity index (χ3n) is 6.45. The van der Waals surface area contributed by atoms with Gasteiger partial charge in [0.15, 0.2) is 0 Å². The lowest BCUT2D eigenvalue weighted by atomic mass is 9.85. The molecule has 6 nitrogen and oxygen atoms in total. The molecule has 28 heavy (non-hydrogen) atoms. The molecule has 2 N–H and O–H groups in total. The highest BCUT2D eigenvalue weighted by Gasteiger charge is 2.35. The molecule has 2 unspecified atom stereocenters. The van der Waals surface area contributed by atoms with E-state index in [1.807, 2.05) is 25.7 Å². The first-order valence-electron chi connectivity index (χ1n) is 10.7. The third kappa shape index (κ3) is 4.90. The van der Waals surface area contributed by atoms with E-state index in [0.29, 0.717) is 12.0 Å². The molecular weight excluding hydrogens is 354 g/mol. The SMILES string of the molecule is C=C1C2=C(CCN1C1CCN(C(O)OC(C)(C)C)CC1)NC[C@@H](C(C)OC)C2. The van der Waals surface area contributed by atoms with E-state index >= 15 is 0 Å². The van der Waals surface area contributed by atoms with E-state index in [-0.39, 0.29) is 11.7 Å². The van der Waals surface area contributed by atoms with E-state index in [9.17, 15) is 5.11 Å². The summed E-state index contributed by atoms with van der Waals surface area (Å²) in [5.41, 5.74) is 3.62. The van der Waals surface area contributed by atoms with Gasteiger partial charge in [-0.25, -0.2) is 0 Å². The maximum absolute atomic E-state index is 10.4. The number of aliphatic hydroxyl groups is 1. The first-order chi connectivity index (χ1) is 13.2. The fourth-order valence-corrected chi connectivity index (χ4v) is 4.63. The summed E-state index contributed by atoms with van der Waals surface area (Å²) in [6, 6.07) is 0.486. The van der Waals surface area contributed by atoms with Crippen LogP contribution in [0, 0.1) is 5.92 Å². The molecule has 3 rings (SSSR count). The summed E-state index contributed by atoms with van der Waals surface area (Å²) in [4.78, 5) is 4.55. The number of allylic oxidation sites excluding steroid dienone is 1. The van der Waals surface area contributed by atoms with Crippen LogP contribution < -0.4 is 5.32 Å². The van der Waals surface area contributed by atoms with Gasteiger partial charge < -0.3 is 24.8 Å². The molecule has 3 heterocycles. The van der Waals surface area contributed by atoms with Crippen LogP contribution in [0.4, 0.5) is 0 Å². The largest absolute Gasteiger partial charge is 0.388 e. The minimum absolute atomic E-state index is 0.247. The van der Waals surface area contributed by atoms with Crippen molar-refractivity contribution in [3.05, 3.63) is 23.5 Å².